The molecular weight excluding hydrogens is 464 g/mol. The highest BCUT2D eigenvalue weighted by Crippen LogP contribution is 2.29. The van der Waals surface area contributed by atoms with Crippen molar-refractivity contribution in [2.75, 3.05) is 13.6 Å². The highest BCUT2D eigenvalue weighted by atomic mass is 127. The molecule has 1 heterocycles. The fraction of sp³-hybridized carbons (Fsp3) is 0.375. The third-order valence-electron chi connectivity index (χ3n) is 3.30. The molecule has 0 atom stereocenters. The molecule has 1 aromatic heterocycles. The fourth-order valence-corrected chi connectivity index (χ4v) is 2.72. The second-order valence-corrected chi connectivity index (χ2v) is 6.16. The Balaban J connectivity index is 0.00000312. The van der Waals surface area contributed by atoms with Gasteiger partial charge in [-0.25, -0.2) is 4.98 Å². The van der Waals surface area contributed by atoms with Gasteiger partial charge in [0.25, 0.3) is 0 Å². The van der Waals surface area contributed by atoms with Crippen molar-refractivity contribution >= 4 is 41.3 Å². The first-order chi connectivity index (χ1) is 11.4. The maximum atomic E-state index is 12.5. The number of benzene rings is 1. The van der Waals surface area contributed by atoms with Crippen LogP contribution in [-0.4, -0.2) is 24.5 Å². The lowest BCUT2D eigenvalue weighted by Gasteiger charge is -2.11. The van der Waals surface area contributed by atoms with Gasteiger partial charge in [0.05, 0.1) is 6.54 Å². The number of aryl methyl sites for hydroxylation is 1. The van der Waals surface area contributed by atoms with E-state index in [9.17, 15) is 13.2 Å². The van der Waals surface area contributed by atoms with Crippen LogP contribution in [0.3, 0.4) is 0 Å². The van der Waals surface area contributed by atoms with Crippen molar-refractivity contribution in [1.29, 1.82) is 0 Å². The van der Waals surface area contributed by atoms with E-state index >= 15 is 0 Å². The molecule has 0 saturated heterocycles. The number of guanidine groups is 1. The highest BCUT2D eigenvalue weighted by molar-refractivity contribution is 14.0. The molecule has 0 bridgehead atoms. The number of hydrogen-bond acceptors (Lipinski definition) is 3. The van der Waals surface area contributed by atoms with Gasteiger partial charge in [-0.1, -0.05) is 29.8 Å². The first kappa shape index (κ1) is 21.7. The molecule has 0 saturated carbocycles. The quantitative estimate of drug-likeness (QED) is 0.384. The summed E-state index contributed by atoms with van der Waals surface area (Å²) in [5.74, 6) is 0.533. The Morgan fingerprint density at radius 3 is 2.44 bits per heavy atom. The zero-order valence-corrected chi connectivity index (χ0v) is 17.0. The van der Waals surface area contributed by atoms with Crippen LogP contribution in [0.25, 0.3) is 0 Å². The van der Waals surface area contributed by atoms with Gasteiger partial charge in [-0.15, -0.1) is 35.3 Å². The minimum Gasteiger partial charge on any atom is -0.356 e. The molecule has 0 aliphatic rings. The summed E-state index contributed by atoms with van der Waals surface area (Å²) in [5.41, 5.74) is 1.57. The topological polar surface area (TPSA) is 49.3 Å². The maximum Gasteiger partial charge on any atom is 0.434 e. The van der Waals surface area contributed by atoms with Crippen LogP contribution in [0.2, 0.25) is 0 Å². The van der Waals surface area contributed by atoms with E-state index < -0.39 is 11.9 Å². The number of nitrogens with zero attached hydrogens (tertiary/aromatic N) is 2. The van der Waals surface area contributed by atoms with E-state index in [1.165, 1.54) is 11.1 Å². The normalized spacial score (nSPS) is 11.8. The van der Waals surface area contributed by atoms with Crippen LogP contribution in [0, 0.1) is 6.92 Å². The molecule has 0 amide bonds. The third kappa shape index (κ3) is 7.18. The predicted molar refractivity (Wildman–Crippen MR) is 106 cm³/mol. The molecule has 4 nitrogen and oxygen atoms in total. The summed E-state index contributed by atoms with van der Waals surface area (Å²) in [6.07, 6.45) is -3.57. The first-order valence-electron chi connectivity index (χ1n) is 7.40. The van der Waals surface area contributed by atoms with Gasteiger partial charge in [0.1, 0.15) is 5.01 Å². The number of aliphatic imine (C=N–C) groups is 1. The van der Waals surface area contributed by atoms with Gasteiger partial charge in [0, 0.05) is 19.0 Å². The number of alkyl halides is 3. The number of halogens is 4. The second-order valence-electron chi connectivity index (χ2n) is 5.21. The molecule has 2 N–H and O–H groups in total. The SMILES string of the molecule is CN=C(NCCc1ccc(C)cc1)NCc1nc(C(F)(F)F)cs1.I. The number of thiazole rings is 1. The average Bonchev–Trinajstić information content (AvgIpc) is 3.01. The fourth-order valence-electron chi connectivity index (χ4n) is 1.98. The number of nitrogens with one attached hydrogen (secondary N) is 2. The number of rotatable bonds is 5. The van der Waals surface area contributed by atoms with Crippen LogP contribution < -0.4 is 10.6 Å². The Morgan fingerprint density at radius 2 is 1.88 bits per heavy atom. The molecule has 25 heavy (non-hydrogen) atoms. The van der Waals surface area contributed by atoms with Crippen molar-refractivity contribution in [3.8, 4) is 0 Å². The van der Waals surface area contributed by atoms with Crippen LogP contribution in [0.1, 0.15) is 21.8 Å². The zero-order chi connectivity index (χ0) is 17.6. The third-order valence-corrected chi connectivity index (χ3v) is 4.15. The first-order valence-corrected chi connectivity index (χ1v) is 8.28. The summed E-state index contributed by atoms with van der Waals surface area (Å²) in [6.45, 7) is 2.91. The summed E-state index contributed by atoms with van der Waals surface area (Å²) < 4.78 is 37.5. The molecule has 0 fully saturated rings. The Kier molecular flexibility index (Phi) is 8.63. The van der Waals surface area contributed by atoms with Crippen LogP contribution in [0.5, 0.6) is 0 Å². The van der Waals surface area contributed by atoms with Crippen molar-refractivity contribution < 1.29 is 13.2 Å². The molecule has 2 aromatic rings. The van der Waals surface area contributed by atoms with E-state index in [1.54, 1.807) is 7.05 Å². The minimum atomic E-state index is -4.40. The van der Waals surface area contributed by atoms with Gasteiger partial charge in [0.15, 0.2) is 11.7 Å². The molecule has 9 heteroatoms. The zero-order valence-electron chi connectivity index (χ0n) is 13.9. The molecule has 0 radical (unpaired) electrons. The summed E-state index contributed by atoms with van der Waals surface area (Å²) in [4.78, 5) is 7.63. The Hall–Kier alpha value is -1.36. The van der Waals surface area contributed by atoms with Crippen molar-refractivity contribution in [2.45, 2.75) is 26.1 Å². The second kappa shape index (κ2) is 9.95. The molecular formula is C16H20F3IN4S. The number of hydrogen-bond donors (Lipinski definition) is 2. The monoisotopic (exact) mass is 484 g/mol. The van der Waals surface area contributed by atoms with Crippen LogP contribution in [0.15, 0.2) is 34.6 Å². The Morgan fingerprint density at radius 1 is 1.20 bits per heavy atom. The standard InChI is InChI=1S/C16H19F3N4S.HI/c1-11-3-5-12(6-4-11)7-8-21-15(20-2)22-9-14-23-13(10-24-14)16(17,18)19;/h3-6,10H,7-9H2,1-2H3,(H2,20,21,22);1H. The lowest BCUT2D eigenvalue weighted by molar-refractivity contribution is -0.140. The van der Waals surface area contributed by atoms with Gasteiger partial charge >= 0.3 is 6.18 Å². The Bertz CT molecular complexity index is 683. The van der Waals surface area contributed by atoms with E-state index in [-0.39, 0.29) is 30.5 Å². The molecule has 0 spiro atoms. The van der Waals surface area contributed by atoms with E-state index in [2.05, 4.69) is 44.9 Å². The van der Waals surface area contributed by atoms with Crippen LogP contribution in [0.4, 0.5) is 13.2 Å². The van der Waals surface area contributed by atoms with Crippen molar-refractivity contribution in [3.63, 3.8) is 0 Å². The summed E-state index contributed by atoms with van der Waals surface area (Å²) >= 11 is 0.975. The van der Waals surface area contributed by atoms with Gasteiger partial charge in [-0.05, 0) is 18.9 Å². The smallest absolute Gasteiger partial charge is 0.356 e. The van der Waals surface area contributed by atoms with E-state index in [0.29, 0.717) is 17.5 Å². The van der Waals surface area contributed by atoms with E-state index in [4.69, 9.17) is 0 Å². The molecule has 1 aromatic carbocycles. The van der Waals surface area contributed by atoms with Crippen LogP contribution >= 0.6 is 35.3 Å². The van der Waals surface area contributed by atoms with Crippen molar-refractivity contribution in [1.82, 2.24) is 15.6 Å². The molecule has 0 aliphatic carbocycles. The van der Waals surface area contributed by atoms with Gasteiger partial charge < -0.3 is 10.6 Å². The largest absolute Gasteiger partial charge is 0.434 e. The number of aromatic nitrogens is 1. The molecule has 2 rings (SSSR count). The van der Waals surface area contributed by atoms with Gasteiger partial charge in [-0.2, -0.15) is 13.2 Å². The lowest BCUT2D eigenvalue weighted by atomic mass is 10.1. The highest BCUT2D eigenvalue weighted by Gasteiger charge is 2.33. The van der Waals surface area contributed by atoms with E-state index in [1.807, 2.05) is 6.92 Å². The van der Waals surface area contributed by atoms with E-state index in [0.717, 1.165) is 23.1 Å². The lowest BCUT2D eigenvalue weighted by Crippen LogP contribution is -2.37. The van der Waals surface area contributed by atoms with Crippen LogP contribution in [-0.2, 0) is 19.1 Å². The average molecular weight is 484 g/mol. The summed E-state index contributed by atoms with van der Waals surface area (Å²) in [6, 6.07) is 8.26. The molecule has 0 unspecified atom stereocenters. The maximum absolute atomic E-state index is 12.5. The molecule has 0 aliphatic heterocycles. The summed E-state index contributed by atoms with van der Waals surface area (Å²) in [7, 11) is 1.62. The summed E-state index contributed by atoms with van der Waals surface area (Å²) in [5, 5.41) is 7.48. The molecule has 138 valence electrons. The van der Waals surface area contributed by atoms with Crippen molar-refractivity contribution in [3.05, 3.63) is 51.5 Å². The van der Waals surface area contributed by atoms with Gasteiger partial charge in [0.2, 0.25) is 0 Å². The van der Waals surface area contributed by atoms with Crippen molar-refractivity contribution in [2.24, 2.45) is 4.99 Å². The Labute approximate surface area is 166 Å². The minimum absolute atomic E-state index is 0. The van der Waals surface area contributed by atoms with Gasteiger partial charge in [-0.3, -0.25) is 4.99 Å². The predicted octanol–water partition coefficient (Wildman–Crippen LogP) is 4.00.